The van der Waals surface area contributed by atoms with Crippen LogP contribution in [0.2, 0.25) is 0 Å². The van der Waals surface area contributed by atoms with Gasteiger partial charge >= 0.3 is 0 Å². The van der Waals surface area contributed by atoms with Crippen molar-refractivity contribution in [3.63, 3.8) is 0 Å². The molecule has 0 aromatic heterocycles. The highest BCUT2D eigenvalue weighted by molar-refractivity contribution is 7.80. The zero-order valence-electron chi connectivity index (χ0n) is 16.4. The van der Waals surface area contributed by atoms with E-state index in [9.17, 15) is 9.59 Å². The summed E-state index contributed by atoms with van der Waals surface area (Å²) in [6.45, 7) is 9.55. The van der Waals surface area contributed by atoms with Crippen molar-refractivity contribution < 1.29 is 9.59 Å². The fourth-order valence-corrected chi connectivity index (χ4v) is 3.58. The second kappa shape index (κ2) is 9.36. The Morgan fingerprint density at radius 2 is 1.89 bits per heavy atom. The van der Waals surface area contributed by atoms with Crippen LogP contribution >= 0.6 is 12.2 Å². The van der Waals surface area contributed by atoms with Gasteiger partial charge in [-0.2, -0.15) is 0 Å². The highest BCUT2D eigenvalue weighted by atomic mass is 32.1. The summed E-state index contributed by atoms with van der Waals surface area (Å²) in [4.78, 5) is 33.2. The number of carbonyl (C=O) groups excluding carboxylic acids is 2. The number of carbonyl (C=O) groups is 2. The third-order valence-electron chi connectivity index (χ3n) is 5.03. The first-order valence-electron chi connectivity index (χ1n) is 9.69. The van der Waals surface area contributed by atoms with E-state index < -0.39 is 11.8 Å². The Bertz CT molecular complexity index is 756. The smallest absolute Gasteiger partial charge is 0.251 e. The summed E-state index contributed by atoms with van der Waals surface area (Å²) >= 11 is 5.24. The van der Waals surface area contributed by atoms with Crippen LogP contribution in [0.25, 0.3) is 0 Å². The predicted octanol–water partition coefficient (Wildman–Crippen LogP) is 1.15. The molecule has 2 N–H and O–H groups in total. The van der Waals surface area contributed by atoms with Crippen LogP contribution in [0.1, 0.15) is 25.3 Å². The van der Waals surface area contributed by atoms with Gasteiger partial charge in [-0.1, -0.05) is 26.0 Å². The van der Waals surface area contributed by atoms with E-state index in [0.717, 1.165) is 32.7 Å². The van der Waals surface area contributed by atoms with Crippen molar-refractivity contribution in [3.8, 4) is 0 Å². The summed E-state index contributed by atoms with van der Waals surface area (Å²) in [6, 6.07) is 7.66. The normalized spacial score (nSPS) is 21.6. The molecule has 28 heavy (non-hydrogen) atoms. The van der Waals surface area contributed by atoms with E-state index in [-0.39, 0.29) is 11.0 Å². The molecule has 1 aromatic rings. The molecule has 0 unspecified atom stereocenters. The van der Waals surface area contributed by atoms with Crippen LogP contribution in [-0.4, -0.2) is 67.3 Å². The summed E-state index contributed by atoms with van der Waals surface area (Å²) in [5, 5.41) is 6.04. The number of thiocarbonyl (C=S) groups is 1. The zero-order chi connectivity index (χ0) is 20.1. The first-order chi connectivity index (χ1) is 13.5. The van der Waals surface area contributed by atoms with Gasteiger partial charge in [0.2, 0.25) is 5.91 Å². The summed E-state index contributed by atoms with van der Waals surface area (Å²) in [6.07, 6.45) is 1.46. The molecule has 1 atom stereocenters. The minimum Gasteiger partial charge on any atom is -0.314 e. The van der Waals surface area contributed by atoms with Crippen LogP contribution in [0.3, 0.4) is 0 Å². The Morgan fingerprint density at radius 1 is 1.21 bits per heavy atom. The zero-order valence-corrected chi connectivity index (χ0v) is 17.2. The molecule has 7 nitrogen and oxygen atoms in total. The van der Waals surface area contributed by atoms with Gasteiger partial charge in [0.25, 0.3) is 5.91 Å². The average Bonchev–Trinajstić information content (AvgIpc) is 2.68. The van der Waals surface area contributed by atoms with Crippen molar-refractivity contribution in [1.82, 2.24) is 15.5 Å². The van der Waals surface area contributed by atoms with E-state index in [1.165, 1.54) is 16.7 Å². The predicted molar refractivity (Wildman–Crippen MR) is 115 cm³/mol. The molecule has 0 spiro atoms. The quantitative estimate of drug-likeness (QED) is 0.425. The van der Waals surface area contributed by atoms with Crippen LogP contribution in [0.5, 0.6) is 0 Å². The molecule has 0 saturated carbocycles. The van der Waals surface area contributed by atoms with Crippen molar-refractivity contribution in [2.24, 2.45) is 10.9 Å². The summed E-state index contributed by atoms with van der Waals surface area (Å²) in [7, 11) is 0. The topological polar surface area (TPSA) is 77.0 Å². The van der Waals surface area contributed by atoms with Gasteiger partial charge in [-0.15, -0.1) is 0 Å². The van der Waals surface area contributed by atoms with Gasteiger partial charge in [0.15, 0.2) is 11.0 Å². The number of nitrogens with one attached hydrogen (secondary N) is 2. The molecule has 2 aliphatic rings. The van der Waals surface area contributed by atoms with E-state index in [0.29, 0.717) is 18.2 Å². The molecule has 0 bridgehead atoms. The van der Waals surface area contributed by atoms with Crippen molar-refractivity contribution >= 4 is 41.0 Å². The molecule has 2 heterocycles. The number of piperazine rings is 1. The molecular weight excluding hydrogens is 374 g/mol. The van der Waals surface area contributed by atoms with Gasteiger partial charge in [0.05, 0.1) is 12.2 Å². The molecule has 2 fully saturated rings. The molecule has 2 saturated heterocycles. The number of anilines is 1. The SMILES string of the molecule is CC(C)c1ccc(N2C(=O)[C@H](C=NCCN3CCNCC3)C(=O)NC2=S)cc1. The minimum atomic E-state index is -0.959. The maximum absolute atomic E-state index is 12.9. The Morgan fingerprint density at radius 3 is 2.54 bits per heavy atom. The lowest BCUT2D eigenvalue weighted by molar-refractivity contribution is -0.130. The first kappa shape index (κ1) is 20.6. The van der Waals surface area contributed by atoms with Crippen molar-refractivity contribution in [2.45, 2.75) is 19.8 Å². The van der Waals surface area contributed by atoms with Crippen LogP contribution < -0.4 is 15.5 Å². The highest BCUT2D eigenvalue weighted by Gasteiger charge is 2.38. The van der Waals surface area contributed by atoms with Gasteiger partial charge in [-0.05, 0) is 35.8 Å². The molecule has 150 valence electrons. The van der Waals surface area contributed by atoms with E-state index in [2.05, 4.69) is 34.4 Å². The van der Waals surface area contributed by atoms with Crippen molar-refractivity contribution in [2.75, 3.05) is 44.2 Å². The molecule has 3 rings (SSSR count). The number of rotatable bonds is 6. The third-order valence-corrected chi connectivity index (χ3v) is 5.31. The van der Waals surface area contributed by atoms with Crippen molar-refractivity contribution in [3.05, 3.63) is 29.8 Å². The van der Waals surface area contributed by atoms with Crippen LogP contribution in [0.4, 0.5) is 5.69 Å². The van der Waals surface area contributed by atoms with Gasteiger partial charge in [-0.25, -0.2) is 0 Å². The lowest BCUT2D eigenvalue weighted by atomic mass is 10.0. The number of nitrogens with zero attached hydrogens (tertiary/aromatic N) is 3. The number of aliphatic imine (C=N–C) groups is 1. The lowest BCUT2D eigenvalue weighted by Crippen LogP contribution is -2.58. The van der Waals surface area contributed by atoms with E-state index in [1.54, 1.807) is 0 Å². The van der Waals surface area contributed by atoms with Crippen LogP contribution in [0.15, 0.2) is 29.3 Å². The average molecular weight is 402 g/mol. The summed E-state index contributed by atoms with van der Waals surface area (Å²) in [5.74, 6) is -1.35. The largest absolute Gasteiger partial charge is 0.314 e. The maximum Gasteiger partial charge on any atom is 0.251 e. The first-order valence-corrected chi connectivity index (χ1v) is 10.1. The van der Waals surface area contributed by atoms with Gasteiger partial charge in [-0.3, -0.25) is 24.4 Å². The monoisotopic (exact) mass is 401 g/mol. The van der Waals surface area contributed by atoms with E-state index in [1.807, 2.05) is 24.3 Å². The molecule has 1 aromatic carbocycles. The summed E-state index contributed by atoms with van der Waals surface area (Å²) in [5.41, 5.74) is 1.83. The van der Waals surface area contributed by atoms with Crippen molar-refractivity contribution in [1.29, 1.82) is 0 Å². The van der Waals surface area contributed by atoms with Crippen LogP contribution in [-0.2, 0) is 9.59 Å². The summed E-state index contributed by atoms with van der Waals surface area (Å²) < 4.78 is 0. The fraction of sp³-hybridized carbons (Fsp3) is 0.500. The second-order valence-electron chi connectivity index (χ2n) is 7.34. The Balaban J connectivity index is 1.66. The number of hydrogen-bond acceptors (Lipinski definition) is 6. The lowest BCUT2D eigenvalue weighted by Gasteiger charge is -2.31. The number of hydrogen-bond donors (Lipinski definition) is 2. The maximum atomic E-state index is 12.9. The molecule has 2 amide bonds. The molecule has 0 radical (unpaired) electrons. The van der Waals surface area contributed by atoms with Gasteiger partial charge in [0, 0.05) is 38.9 Å². The fourth-order valence-electron chi connectivity index (χ4n) is 3.29. The Hall–Kier alpha value is -2.16. The van der Waals surface area contributed by atoms with Gasteiger partial charge < -0.3 is 10.6 Å². The number of benzene rings is 1. The highest BCUT2D eigenvalue weighted by Crippen LogP contribution is 2.23. The number of amides is 2. The second-order valence-corrected chi connectivity index (χ2v) is 7.73. The van der Waals surface area contributed by atoms with E-state index in [4.69, 9.17) is 12.2 Å². The Kier molecular flexibility index (Phi) is 6.88. The van der Waals surface area contributed by atoms with Gasteiger partial charge in [0.1, 0.15) is 0 Å². The molecular formula is C20H27N5O2S. The molecule has 0 aliphatic carbocycles. The third kappa shape index (κ3) is 4.81. The minimum absolute atomic E-state index is 0.109. The molecule has 8 heteroatoms. The van der Waals surface area contributed by atoms with E-state index >= 15 is 0 Å². The van der Waals surface area contributed by atoms with Crippen LogP contribution in [0, 0.1) is 5.92 Å². The standard InChI is InChI=1S/C20H27N5O2S/c1-14(2)15-3-5-16(6-4-15)25-19(27)17(18(26)23-20(25)28)13-22-9-12-24-10-7-21-8-11-24/h3-6,13-14,17,21H,7-12H2,1-2H3,(H,23,26,28)/t17-/m1/s1. The Labute approximate surface area is 171 Å². The molecule has 2 aliphatic heterocycles.